The molecular weight excluding hydrogens is 532 g/mol. The fourth-order valence-corrected chi connectivity index (χ4v) is 6.50. The number of aliphatic hydroxyl groups is 1. The van der Waals surface area contributed by atoms with Gasteiger partial charge in [0.15, 0.2) is 5.79 Å². The molecule has 8 heteroatoms. The lowest BCUT2D eigenvalue weighted by atomic mass is 9.85. The Hall–Kier alpha value is -1.74. The van der Waals surface area contributed by atoms with Crippen molar-refractivity contribution in [1.29, 1.82) is 0 Å². The number of allylic oxidation sites excluding steroid dienone is 1. The molecule has 3 aliphatic heterocycles. The maximum absolute atomic E-state index is 12.7. The molecule has 0 radical (unpaired) electrons. The lowest BCUT2D eigenvalue weighted by molar-refractivity contribution is -0.324. The van der Waals surface area contributed by atoms with Gasteiger partial charge in [0.1, 0.15) is 0 Å². The first kappa shape index (κ1) is 34.7. The van der Waals surface area contributed by atoms with Crippen molar-refractivity contribution >= 4 is 11.8 Å². The number of amides is 2. The van der Waals surface area contributed by atoms with E-state index in [1.165, 1.54) is 0 Å². The van der Waals surface area contributed by atoms with E-state index >= 15 is 0 Å². The highest BCUT2D eigenvalue weighted by molar-refractivity contribution is 5.79. The first-order valence-electron chi connectivity index (χ1n) is 16.6. The summed E-state index contributed by atoms with van der Waals surface area (Å²) in [5.41, 5.74) is 0. The first-order valence-corrected chi connectivity index (χ1v) is 16.6. The fraction of sp³-hybridized carbons (Fsp3) is 0.824. The number of rotatable bonds is 16. The second-order valence-corrected chi connectivity index (χ2v) is 13.1. The molecule has 0 bridgehead atoms. The van der Waals surface area contributed by atoms with E-state index in [4.69, 9.17) is 14.2 Å². The second kappa shape index (κ2) is 17.5. The molecule has 3 fully saturated rings. The highest BCUT2D eigenvalue weighted by atomic mass is 16.7. The predicted molar refractivity (Wildman–Crippen MR) is 166 cm³/mol. The van der Waals surface area contributed by atoms with Gasteiger partial charge in [-0.15, -0.1) is 13.2 Å². The molecule has 2 amide bonds. The molecule has 3 rings (SSSR count). The largest absolute Gasteiger partial charge is 0.390 e. The van der Waals surface area contributed by atoms with E-state index in [1.54, 1.807) is 6.92 Å². The zero-order valence-electron chi connectivity index (χ0n) is 26.5. The van der Waals surface area contributed by atoms with Crippen LogP contribution in [0, 0.1) is 17.8 Å². The van der Waals surface area contributed by atoms with E-state index in [9.17, 15) is 14.7 Å². The Kier molecular flexibility index (Phi) is 14.5. The average Bonchev–Trinajstić information content (AvgIpc) is 2.98. The first-order chi connectivity index (χ1) is 20.1. The number of aliphatic hydroxyl groups excluding tert-OH is 1. The summed E-state index contributed by atoms with van der Waals surface area (Å²) in [4.78, 5) is 25.1. The van der Waals surface area contributed by atoms with Crippen molar-refractivity contribution in [2.75, 3.05) is 13.1 Å². The molecule has 0 aromatic carbocycles. The normalized spacial score (nSPS) is 32.0. The number of nitrogens with one attached hydrogen (secondary N) is 2. The molecule has 0 aromatic rings. The molecule has 3 saturated heterocycles. The van der Waals surface area contributed by atoms with Gasteiger partial charge in [0.05, 0.1) is 42.9 Å². The fourth-order valence-electron chi connectivity index (χ4n) is 6.50. The van der Waals surface area contributed by atoms with Crippen molar-refractivity contribution in [1.82, 2.24) is 10.6 Å². The molecular formula is C34H58N2O6. The molecule has 3 aliphatic rings. The number of carbonyl (C=O) groups is 2. The summed E-state index contributed by atoms with van der Waals surface area (Å²) in [6.45, 7) is 14.4. The average molecular weight is 591 g/mol. The minimum absolute atomic E-state index is 0.0409. The van der Waals surface area contributed by atoms with Crippen LogP contribution in [0.25, 0.3) is 0 Å². The van der Waals surface area contributed by atoms with Gasteiger partial charge in [-0.2, -0.15) is 0 Å². The Morgan fingerprint density at radius 1 is 1.00 bits per heavy atom. The van der Waals surface area contributed by atoms with Crippen LogP contribution in [-0.4, -0.2) is 66.3 Å². The Morgan fingerprint density at radius 3 is 2.52 bits per heavy atom. The van der Waals surface area contributed by atoms with Crippen molar-refractivity contribution in [3.05, 3.63) is 25.3 Å². The van der Waals surface area contributed by atoms with Crippen LogP contribution in [0.2, 0.25) is 0 Å². The molecule has 9 unspecified atom stereocenters. The summed E-state index contributed by atoms with van der Waals surface area (Å²) < 4.78 is 19.2. The van der Waals surface area contributed by atoms with Crippen LogP contribution in [0.3, 0.4) is 0 Å². The Morgan fingerprint density at radius 2 is 1.76 bits per heavy atom. The Bertz CT molecular complexity index is 867. The van der Waals surface area contributed by atoms with Gasteiger partial charge in [-0.05, 0) is 82.5 Å². The smallest absolute Gasteiger partial charge is 0.225 e. The maximum atomic E-state index is 12.7. The number of carbonyl (C=O) groups excluding carboxylic acids is 2. The SMILES string of the molecule is C=CCC1CCCC(CC(=O)NCC(O)C(C)C(=O)NCCCC2OC3(CCCC(CCC(C)C=C)O3)CCC2C)O1. The van der Waals surface area contributed by atoms with E-state index in [0.29, 0.717) is 18.4 Å². The van der Waals surface area contributed by atoms with Crippen LogP contribution >= 0.6 is 0 Å². The van der Waals surface area contributed by atoms with Gasteiger partial charge in [0, 0.05) is 25.9 Å². The van der Waals surface area contributed by atoms with Gasteiger partial charge < -0.3 is 30.0 Å². The van der Waals surface area contributed by atoms with Crippen molar-refractivity contribution in [3.8, 4) is 0 Å². The van der Waals surface area contributed by atoms with E-state index in [1.807, 2.05) is 12.2 Å². The second-order valence-electron chi connectivity index (χ2n) is 13.1. The summed E-state index contributed by atoms with van der Waals surface area (Å²) in [7, 11) is 0. The van der Waals surface area contributed by atoms with E-state index in [2.05, 4.69) is 37.6 Å². The summed E-state index contributed by atoms with van der Waals surface area (Å²) in [6, 6.07) is 0. The Labute approximate surface area is 254 Å². The van der Waals surface area contributed by atoms with Crippen LogP contribution in [-0.2, 0) is 23.8 Å². The van der Waals surface area contributed by atoms with Gasteiger partial charge in [-0.1, -0.05) is 32.9 Å². The lowest BCUT2D eigenvalue weighted by Gasteiger charge is -2.48. The standard InChI is InChI=1S/C34H58N2O6/c1-6-11-27-12-8-13-29(40-27)22-32(38)36-23-30(37)26(5)33(39)35-21-10-15-31-25(4)18-20-34(42-31)19-9-14-28(41-34)17-16-24(3)7-2/h6-7,24-31,37H,1-2,8-23H2,3-5H3,(H,35,39)(H,36,38). The van der Waals surface area contributed by atoms with Crippen molar-refractivity contribution in [3.63, 3.8) is 0 Å². The van der Waals surface area contributed by atoms with E-state index < -0.39 is 17.8 Å². The minimum atomic E-state index is -0.956. The zero-order chi connectivity index (χ0) is 30.5. The van der Waals surface area contributed by atoms with Gasteiger partial charge in [0.2, 0.25) is 11.8 Å². The molecule has 240 valence electrons. The molecule has 0 saturated carbocycles. The topological polar surface area (TPSA) is 106 Å². The molecule has 0 aliphatic carbocycles. The summed E-state index contributed by atoms with van der Waals surface area (Å²) in [5, 5.41) is 16.3. The van der Waals surface area contributed by atoms with Crippen LogP contribution in [0.4, 0.5) is 0 Å². The zero-order valence-corrected chi connectivity index (χ0v) is 26.5. The third-order valence-electron chi connectivity index (χ3n) is 9.54. The summed E-state index contributed by atoms with van der Waals surface area (Å²) >= 11 is 0. The third-order valence-corrected chi connectivity index (χ3v) is 9.54. The molecule has 42 heavy (non-hydrogen) atoms. The van der Waals surface area contributed by atoms with Gasteiger partial charge in [0.25, 0.3) is 0 Å². The molecule has 0 aromatic heterocycles. The predicted octanol–water partition coefficient (Wildman–Crippen LogP) is 5.58. The minimum Gasteiger partial charge on any atom is -0.390 e. The molecule has 3 heterocycles. The van der Waals surface area contributed by atoms with Gasteiger partial charge >= 0.3 is 0 Å². The highest BCUT2D eigenvalue weighted by Crippen LogP contribution is 2.43. The monoisotopic (exact) mass is 590 g/mol. The maximum Gasteiger partial charge on any atom is 0.225 e. The van der Waals surface area contributed by atoms with E-state index in [-0.39, 0.29) is 49.2 Å². The van der Waals surface area contributed by atoms with Crippen LogP contribution in [0.5, 0.6) is 0 Å². The van der Waals surface area contributed by atoms with Crippen molar-refractivity contribution < 1.29 is 28.9 Å². The van der Waals surface area contributed by atoms with Crippen LogP contribution in [0.1, 0.15) is 111 Å². The number of hydrogen-bond acceptors (Lipinski definition) is 6. The molecule has 1 spiro atoms. The Balaban J connectivity index is 1.33. The van der Waals surface area contributed by atoms with Crippen molar-refractivity contribution in [2.45, 2.75) is 147 Å². The number of hydrogen-bond donors (Lipinski definition) is 3. The van der Waals surface area contributed by atoms with Gasteiger partial charge in [-0.3, -0.25) is 9.59 Å². The van der Waals surface area contributed by atoms with Gasteiger partial charge in [-0.25, -0.2) is 0 Å². The number of ether oxygens (including phenoxy) is 3. The molecule has 3 N–H and O–H groups in total. The molecule has 8 nitrogen and oxygen atoms in total. The quantitative estimate of drug-likeness (QED) is 0.160. The van der Waals surface area contributed by atoms with Crippen molar-refractivity contribution in [2.24, 2.45) is 17.8 Å². The van der Waals surface area contributed by atoms with E-state index in [0.717, 1.165) is 83.5 Å². The van der Waals surface area contributed by atoms with Crippen LogP contribution < -0.4 is 10.6 Å². The molecule has 9 atom stereocenters. The lowest BCUT2D eigenvalue weighted by Crippen LogP contribution is -2.50. The summed E-state index contributed by atoms with van der Waals surface area (Å²) in [5.74, 6) is -0.502. The summed E-state index contributed by atoms with van der Waals surface area (Å²) in [6.07, 6.45) is 16.3. The highest BCUT2D eigenvalue weighted by Gasteiger charge is 2.44. The van der Waals surface area contributed by atoms with Crippen LogP contribution in [0.15, 0.2) is 25.3 Å². The third kappa shape index (κ3) is 11.1.